The standard InChI is InChI=1S/C20H25N7O6S2/c1-8-14(27(2)6-4-5-10(27)15(21)28)13(19(31)32)26-17(30)12(18(26)35-8)24-16(29)11(25-33-3)9-7-34-20(22)23-9/h7-8,10,12,18H,4-6H2,1-3H3,(H5-,21,22,23,24,28,29,31,32)/b25-11-/t8?,10?,12?,18-,27+/m1/s1. The zero-order valence-corrected chi connectivity index (χ0v) is 20.9. The number of fused-ring (bicyclic) bond motifs is 1. The van der Waals surface area contributed by atoms with Crippen LogP contribution in [-0.2, 0) is 24.0 Å². The number of likely N-dealkylation sites (tertiary alicyclic amines) is 1. The Kier molecular flexibility index (Phi) is 6.50. The highest BCUT2D eigenvalue weighted by atomic mass is 32.2. The Hall–Kier alpha value is -3.17. The number of nitrogens with one attached hydrogen (secondary N) is 1. The molecule has 0 aliphatic carbocycles. The van der Waals surface area contributed by atoms with Crippen LogP contribution in [0.1, 0.15) is 25.5 Å². The van der Waals surface area contributed by atoms with E-state index in [4.69, 9.17) is 16.3 Å². The molecule has 15 heteroatoms. The number of thioether (sulfide) groups is 1. The molecule has 4 rings (SSSR count). The molecule has 0 spiro atoms. The Bertz CT molecular complexity index is 1170. The van der Waals surface area contributed by atoms with Crippen molar-refractivity contribution in [2.75, 3.05) is 26.4 Å². The molecule has 1 aromatic rings. The van der Waals surface area contributed by atoms with Crippen LogP contribution in [0.4, 0.5) is 5.13 Å². The van der Waals surface area contributed by atoms with E-state index in [-0.39, 0.29) is 26.7 Å². The zero-order valence-electron chi connectivity index (χ0n) is 19.2. The molecule has 3 aliphatic heterocycles. The summed E-state index contributed by atoms with van der Waals surface area (Å²) in [5.41, 5.74) is 11.4. The summed E-state index contributed by atoms with van der Waals surface area (Å²) in [5, 5.41) is 19.3. The number of aromatic nitrogens is 1. The molecule has 5 N–H and O–H groups in total. The minimum absolute atomic E-state index is 0.0102. The van der Waals surface area contributed by atoms with Gasteiger partial charge in [-0.2, -0.15) is 0 Å². The Morgan fingerprint density at radius 1 is 1.40 bits per heavy atom. The van der Waals surface area contributed by atoms with Gasteiger partial charge in [0.05, 0.1) is 24.8 Å². The van der Waals surface area contributed by atoms with E-state index in [9.17, 15) is 24.3 Å². The lowest BCUT2D eigenvalue weighted by Crippen LogP contribution is -2.73. The first-order valence-electron chi connectivity index (χ1n) is 10.7. The number of nitrogens with zero attached hydrogens (tertiary/aromatic N) is 4. The second kappa shape index (κ2) is 9.13. The highest BCUT2D eigenvalue weighted by Crippen LogP contribution is 2.48. The molecule has 5 atom stereocenters. The van der Waals surface area contributed by atoms with Gasteiger partial charge in [0.15, 0.2) is 16.9 Å². The summed E-state index contributed by atoms with van der Waals surface area (Å²) >= 11 is 2.42. The summed E-state index contributed by atoms with van der Waals surface area (Å²) in [4.78, 5) is 60.4. The van der Waals surface area contributed by atoms with Crippen molar-refractivity contribution in [2.24, 2.45) is 10.9 Å². The number of anilines is 1. The number of hydrogen-bond donors (Lipinski definition) is 3. The Balaban J connectivity index is 1.64. The number of nitrogens with two attached hydrogens (primary N) is 2. The van der Waals surface area contributed by atoms with E-state index in [2.05, 4.69) is 15.5 Å². The molecule has 2 saturated heterocycles. The molecule has 35 heavy (non-hydrogen) atoms. The van der Waals surface area contributed by atoms with Gasteiger partial charge in [-0.3, -0.25) is 23.8 Å². The number of likely N-dealkylation sites (N-methyl/N-ethyl adjacent to an activating group) is 1. The van der Waals surface area contributed by atoms with Gasteiger partial charge in [0.25, 0.3) is 17.7 Å². The van der Waals surface area contributed by atoms with Crippen LogP contribution in [0.3, 0.4) is 0 Å². The quantitative estimate of drug-likeness (QED) is 0.156. The number of carboxylic acid groups (broad SMARTS) is 1. The number of carbonyl (C=O) groups excluding carboxylic acids is 4. The van der Waals surface area contributed by atoms with E-state index in [0.717, 1.165) is 16.2 Å². The number of thiazole rings is 1. The van der Waals surface area contributed by atoms with Crippen molar-refractivity contribution < 1.29 is 33.6 Å². The van der Waals surface area contributed by atoms with Crippen LogP contribution >= 0.6 is 23.1 Å². The van der Waals surface area contributed by atoms with E-state index in [1.54, 1.807) is 14.0 Å². The minimum Gasteiger partial charge on any atom is -0.543 e. The highest BCUT2D eigenvalue weighted by Gasteiger charge is 2.59. The van der Waals surface area contributed by atoms with E-state index in [1.807, 2.05) is 0 Å². The lowest BCUT2D eigenvalue weighted by Gasteiger charge is -2.54. The molecule has 13 nitrogen and oxygen atoms in total. The highest BCUT2D eigenvalue weighted by molar-refractivity contribution is 8.00. The number of carbonyl (C=O) groups is 4. The van der Waals surface area contributed by atoms with Crippen LogP contribution in [0.25, 0.3) is 0 Å². The van der Waals surface area contributed by atoms with E-state index in [1.165, 1.54) is 24.3 Å². The minimum atomic E-state index is -1.52. The smallest absolute Gasteiger partial charge is 0.276 e. The van der Waals surface area contributed by atoms with E-state index >= 15 is 0 Å². The third kappa shape index (κ3) is 4.02. The SMILES string of the molecule is CO/N=C(\C(=O)NC1C(=O)N2C(C(=O)[O-])=C([N@@+]3(C)CCCC3C(N)=O)C(C)S[C@H]12)c1csc(N)n1. The van der Waals surface area contributed by atoms with E-state index < -0.39 is 46.4 Å². The molecule has 0 radical (unpaired) electrons. The van der Waals surface area contributed by atoms with Crippen molar-refractivity contribution in [1.29, 1.82) is 0 Å². The fourth-order valence-electron chi connectivity index (χ4n) is 5.09. The van der Waals surface area contributed by atoms with Gasteiger partial charge in [-0.15, -0.1) is 23.1 Å². The third-order valence-electron chi connectivity index (χ3n) is 6.56. The fourth-order valence-corrected chi connectivity index (χ4v) is 7.21. The zero-order chi connectivity index (χ0) is 25.7. The Morgan fingerprint density at radius 2 is 2.11 bits per heavy atom. The molecule has 2 fully saturated rings. The van der Waals surface area contributed by atoms with Crippen molar-refractivity contribution in [3.8, 4) is 0 Å². The van der Waals surface area contributed by atoms with Gasteiger partial charge in [-0.1, -0.05) is 5.16 Å². The summed E-state index contributed by atoms with van der Waals surface area (Å²) < 4.78 is 0.0102. The predicted molar refractivity (Wildman–Crippen MR) is 125 cm³/mol. The van der Waals surface area contributed by atoms with Gasteiger partial charge in [0.1, 0.15) is 35.6 Å². The number of rotatable bonds is 7. The van der Waals surface area contributed by atoms with Gasteiger partial charge < -0.3 is 31.5 Å². The van der Waals surface area contributed by atoms with Gasteiger partial charge in [0, 0.05) is 18.2 Å². The van der Waals surface area contributed by atoms with Crippen molar-refractivity contribution in [1.82, 2.24) is 15.2 Å². The maximum atomic E-state index is 13.1. The monoisotopic (exact) mass is 523 g/mol. The number of aliphatic carboxylic acids is 1. The summed E-state index contributed by atoms with van der Waals surface area (Å²) in [5.74, 6) is -3.39. The fraction of sp³-hybridized carbons (Fsp3) is 0.500. The molecule has 0 aromatic carbocycles. The van der Waals surface area contributed by atoms with Crippen LogP contribution in [0, 0.1) is 0 Å². The summed E-state index contributed by atoms with van der Waals surface area (Å²) in [6, 6.07) is -1.62. The number of hydrogen-bond acceptors (Lipinski definition) is 11. The number of carboxylic acids is 1. The van der Waals surface area contributed by atoms with Gasteiger partial charge in [0.2, 0.25) is 0 Å². The predicted octanol–water partition coefficient (Wildman–Crippen LogP) is -2.08. The van der Waals surface area contributed by atoms with E-state index in [0.29, 0.717) is 25.1 Å². The topological polar surface area (TPSA) is 193 Å². The molecule has 3 unspecified atom stereocenters. The number of primary amides is 1. The van der Waals surface area contributed by atoms with Crippen molar-refractivity contribution in [3.63, 3.8) is 0 Å². The largest absolute Gasteiger partial charge is 0.543 e. The van der Waals surface area contributed by atoms with Crippen LogP contribution in [0.5, 0.6) is 0 Å². The average Bonchev–Trinajstić information content (AvgIpc) is 3.40. The molecule has 1 aromatic heterocycles. The lowest BCUT2D eigenvalue weighted by molar-refractivity contribution is -0.877. The summed E-state index contributed by atoms with van der Waals surface area (Å²) in [7, 11) is 3.02. The molecular weight excluding hydrogens is 498 g/mol. The van der Waals surface area contributed by atoms with Crippen LogP contribution < -0.4 is 21.9 Å². The first-order chi connectivity index (χ1) is 16.5. The van der Waals surface area contributed by atoms with Crippen molar-refractivity contribution in [3.05, 3.63) is 22.5 Å². The van der Waals surface area contributed by atoms with Crippen LogP contribution in [-0.4, -0.2) is 87.2 Å². The Morgan fingerprint density at radius 3 is 2.69 bits per heavy atom. The Labute approximate surface area is 208 Å². The van der Waals surface area contributed by atoms with Crippen LogP contribution in [0.15, 0.2) is 21.9 Å². The molecule has 0 saturated carbocycles. The van der Waals surface area contributed by atoms with Crippen LogP contribution in [0.2, 0.25) is 0 Å². The van der Waals surface area contributed by atoms with Gasteiger partial charge in [-0.25, -0.2) is 4.98 Å². The molecule has 0 bridgehead atoms. The first-order valence-corrected chi connectivity index (χ1v) is 12.6. The lowest BCUT2D eigenvalue weighted by atomic mass is 10.0. The molecular formula is C20H25N7O6S2. The van der Waals surface area contributed by atoms with Gasteiger partial charge in [-0.05, 0) is 6.92 Å². The molecule has 3 amide bonds. The maximum Gasteiger partial charge on any atom is 0.276 e. The van der Waals surface area contributed by atoms with Crippen molar-refractivity contribution in [2.45, 2.75) is 42.5 Å². The number of nitrogen functional groups attached to an aromatic ring is 1. The maximum absolute atomic E-state index is 13.1. The second-order valence-corrected chi connectivity index (χ2v) is 10.9. The number of amides is 3. The normalized spacial score (nSPS) is 30.5. The molecule has 3 aliphatic rings. The number of β-lactam (4-membered cyclic amide) rings is 1. The third-order valence-corrected chi connectivity index (χ3v) is 8.63. The number of quaternary nitrogens is 1. The second-order valence-electron chi connectivity index (χ2n) is 8.59. The summed E-state index contributed by atoms with van der Waals surface area (Å²) in [6.07, 6.45) is 1.20. The van der Waals surface area contributed by atoms with Gasteiger partial charge >= 0.3 is 0 Å². The first kappa shape index (κ1) is 24.9. The number of oxime groups is 1. The average molecular weight is 524 g/mol. The van der Waals surface area contributed by atoms with Crippen molar-refractivity contribution >= 4 is 57.6 Å². The summed E-state index contributed by atoms with van der Waals surface area (Å²) in [6.45, 7) is 2.31. The molecule has 188 valence electrons. The molecule has 4 heterocycles.